The average molecular weight is 453 g/mol. The van der Waals surface area contributed by atoms with Crippen LogP contribution in [0.15, 0.2) is 84.9 Å². The average Bonchev–Trinajstić information content (AvgIpc) is 2.81. The van der Waals surface area contributed by atoms with Crippen molar-refractivity contribution in [3.63, 3.8) is 0 Å². The number of hydrogen-bond donors (Lipinski definition) is 0. The van der Waals surface area contributed by atoms with Gasteiger partial charge >= 0.3 is 7.82 Å². The van der Waals surface area contributed by atoms with Crippen LogP contribution in [-0.2, 0) is 11.0 Å². The number of hydrogen-bond acceptors (Lipinski definition) is 4. The first-order valence-corrected chi connectivity index (χ1v) is 13.0. The second-order valence-electron chi connectivity index (χ2n) is 7.86. The summed E-state index contributed by atoms with van der Waals surface area (Å²) in [6.07, 6.45) is 10.1. The predicted octanol–water partition coefficient (Wildman–Crippen LogP) is 8.62. The van der Waals surface area contributed by atoms with E-state index in [1.807, 2.05) is 36.4 Å². The van der Waals surface area contributed by atoms with E-state index < -0.39 is 7.82 Å². The molecule has 0 aliphatic carbocycles. The predicted molar refractivity (Wildman–Crippen MR) is 131 cm³/mol. The molecule has 32 heavy (non-hydrogen) atoms. The first kappa shape index (κ1) is 23.9. The highest BCUT2D eigenvalue weighted by Crippen LogP contribution is 2.49. The lowest BCUT2D eigenvalue weighted by molar-refractivity contribution is 0.298. The van der Waals surface area contributed by atoms with Crippen LogP contribution in [0, 0.1) is 0 Å². The summed E-state index contributed by atoms with van der Waals surface area (Å²) in [5.41, 5.74) is 1.24. The zero-order valence-electron chi connectivity index (χ0n) is 18.8. The van der Waals surface area contributed by atoms with E-state index in [9.17, 15) is 4.57 Å². The molecule has 3 aromatic rings. The van der Waals surface area contributed by atoms with Gasteiger partial charge in [0.25, 0.3) is 0 Å². The maximum atomic E-state index is 13.5. The third-order valence-corrected chi connectivity index (χ3v) is 6.43. The third kappa shape index (κ3) is 8.43. The molecule has 0 aliphatic heterocycles. The number of phosphoric acid groups is 1. The molecule has 5 heteroatoms. The van der Waals surface area contributed by atoms with Crippen LogP contribution in [0.1, 0.15) is 57.4 Å². The first-order valence-electron chi connectivity index (χ1n) is 11.5. The normalized spacial score (nSPS) is 11.2. The molecule has 0 saturated heterocycles. The van der Waals surface area contributed by atoms with Gasteiger partial charge in [-0.15, -0.1) is 0 Å². The van der Waals surface area contributed by atoms with Crippen LogP contribution in [0.4, 0.5) is 0 Å². The van der Waals surface area contributed by atoms with Crippen molar-refractivity contribution in [2.24, 2.45) is 0 Å². The number of phosphoric ester groups is 1. The van der Waals surface area contributed by atoms with E-state index in [0.29, 0.717) is 17.2 Å². The van der Waals surface area contributed by atoms with Crippen molar-refractivity contribution in [2.75, 3.05) is 0 Å². The lowest BCUT2D eigenvalue weighted by Crippen LogP contribution is -2.07. The zero-order chi connectivity index (χ0) is 22.5. The van der Waals surface area contributed by atoms with Crippen LogP contribution in [0.25, 0.3) is 0 Å². The smallest absolute Gasteiger partial charge is 0.386 e. The summed E-state index contributed by atoms with van der Waals surface area (Å²) < 4.78 is 30.6. The van der Waals surface area contributed by atoms with Gasteiger partial charge < -0.3 is 13.6 Å². The Bertz CT molecular complexity index is 897. The molecule has 0 bridgehead atoms. The van der Waals surface area contributed by atoms with Crippen molar-refractivity contribution < 1.29 is 18.1 Å². The maximum absolute atomic E-state index is 13.5. The molecule has 0 atom stereocenters. The van der Waals surface area contributed by atoms with Gasteiger partial charge in [-0.2, -0.15) is 4.57 Å². The molecular formula is C27H33O4P. The minimum Gasteiger partial charge on any atom is -0.386 e. The minimum atomic E-state index is -3.94. The topological polar surface area (TPSA) is 44.8 Å². The van der Waals surface area contributed by atoms with Crippen molar-refractivity contribution in [3.05, 3.63) is 90.5 Å². The van der Waals surface area contributed by atoms with E-state index in [-0.39, 0.29) is 0 Å². The van der Waals surface area contributed by atoms with Gasteiger partial charge in [-0.1, -0.05) is 94.0 Å². The Morgan fingerprint density at radius 3 is 1.50 bits per heavy atom. The van der Waals surface area contributed by atoms with E-state index >= 15 is 0 Å². The summed E-state index contributed by atoms with van der Waals surface area (Å²) in [7, 11) is -3.94. The fourth-order valence-corrected chi connectivity index (χ4v) is 4.66. The molecule has 0 spiro atoms. The van der Waals surface area contributed by atoms with E-state index in [1.54, 1.807) is 48.5 Å². The second-order valence-corrected chi connectivity index (χ2v) is 9.30. The highest BCUT2D eigenvalue weighted by atomic mass is 31.2. The largest absolute Gasteiger partial charge is 0.647 e. The molecule has 0 heterocycles. The van der Waals surface area contributed by atoms with Gasteiger partial charge in [0.1, 0.15) is 17.2 Å². The second kappa shape index (κ2) is 13.0. The van der Waals surface area contributed by atoms with Crippen molar-refractivity contribution in [2.45, 2.75) is 58.3 Å². The molecule has 0 aromatic heterocycles. The Kier molecular flexibility index (Phi) is 9.71. The molecule has 0 amide bonds. The highest BCUT2D eigenvalue weighted by molar-refractivity contribution is 7.49. The van der Waals surface area contributed by atoms with Crippen LogP contribution in [0.3, 0.4) is 0 Å². The minimum absolute atomic E-state index is 0.419. The van der Waals surface area contributed by atoms with Gasteiger partial charge in [-0.05, 0) is 54.8 Å². The first-order chi connectivity index (χ1) is 15.7. The molecule has 170 valence electrons. The monoisotopic (exact) mass is 452 g/mol. The van der Waals surface area contributed by atoms with Crippen LogP contribution >= 0.6 is 7.82 Å². The third-order valence-electron chi connectivity index (χ3n) is 5.13. The van der Waals surface area contributed by atoms with Crippen LogP contribution < -0.4 is 13.6 Å². The number of rotatable bonds is 14. The molecular weight excluding hydrogens is 419 g/mol. The quantitative estimate of drug-likeness (QED) is 0.181. The highest BCUT2D eigenvalue weighted by Gasteiger charge is 2.33. The summed E-state index contributed by atoms with van der Waals surface area (Å²) in [6, 6.07) is 25.5. The zero-order valence-corrected chi connectivity index (χ0v) is 19.7. The standard InChI is InChI=1S/C27H33O4P/c1-2-3-4-5-6-7-10-15-24-20-22-27(23-21-24)31-32(28,29-25-16-11-8-12-17-25)30-26-18-13-9-14-19-26/h8-9,11-14,16-23H,2-7,10,15H2,1H3. The molecule has 3 rings (SSSR count). The van der Waals surface area contributed by atoms with E-state index in [2.05, 4.69) is 6.92 Å². The SMILES string of the molecule is CCCCCCCCCc1ccc(OP(=O)(Oc2ccccc2)Oc2ccccc2)cc1. The fourth-order valence-electron chi connectivity index (χ4n) is 3.41. The lowest BCUT2D eigenvalue weighted by atomic mass is 10.0. The Morgan fingerprint density at radius 1 is 0.562 bits per heavy atom. The van der Waals surface area contributed by atoms with Gasteiger partial charge in [0.2, 0.25) is 0 Å². The number of para-hydroxylation sites is 2. The Balaban J connectivity index is 1.58. The van der Waals surface area contributed by atoms with E-state index in [4.69, 9.17) is 13.6 Å². The molecule has 0 radical (unpaired) electrons. The van der Waals surface area contributed by atoms with E-state index in [0.717, 1.165) is 6.42 Å². The number of unbranched alkanes of at least 4 members (excludes halogenated alkanes) is 6. The molecule has 4 nitrogen and oxygen atoms in total. The molecule has 0 unspecified atom stereocenters. The van der Waals surface area contributed by atoms with Crippen molar-refractivity contribution in [1.82, 2.24) is 0 Å². The molecule has 0 N–H and O–H groups in total. The molecule has 0 aliphatic rings. The number of aryl methyl sites for hydroxylation is 1. The van der Waals surface area contributed by atoms with Gasteiger partial charge in [-0.25, -0.2) is 0 Å². The van der Waals surface area contributed by atoms with Crippen LogP contribution in [-0.4, -0.2) is 0 Å². The Hall–Kier alpha value is -2.71. The van der Waals surface area contributed by atoms with E-state index in [1.165, 1.54) is 50.5 Å². The Morgan fingerprint density at radius 2 is 1.00 bits per heavy atom. The summed E-state index contributed by atoms with van der Waals surface area (Å²) in [4.78, 5) is 0. The van der Waals surface area contributed by atoms with Crippen LogP contribution in [0.5, 0.6) is 17.2 Å². The van der Waals surface area contributed by atoms with Crippen LogP contribution in [0.2, 0.25) is 0 Å². The van der Waals surface area contributed by atoms with Crippen molar-refractivity contribution in [1.29, 1.82) is 0 Å². The number of benzene rings is 3. The summed E-state index contributed by atoms with van der Waals surface area (Å²) >= 11 is 0. The fraction of sp³-hybridized carbons (Fsp3) is 0.333. The van der Waals surface area contributed by atoms with Crippen molar-refractivity contribution >= 4 is 7.82 Å². The summed E-state index contributed by atoms with van der Waals surface area (Å²) in [5.74, 6) is 1.29. The van der Waals surface area contributed by atoms with Gasteiger partial charge in [0.15, 0.2) is 0 Å². The van der Waals surface area contributed by atoms with Gasteiger partial charge in [-0.3, -0.25) is 0 Å². The summed E-state index contributed by atoms with van der Waals surface area (Å²) in [5, 5.41) is 0. The van der Waals surface area contributed by atoms with Gasteiger partial charge in [0.05, 0.1) is 0 Å². The lowest BCUT2D eigenvalue weighted by Gasteiger charge is -2.19. The summed E-state index contributed by atoms with van der Waals surface area (Å²) in [6.45, 7) is 2.24. The Labute approximate surface area is 192 Å². The maximum Gasteiger partial charge on any atom is 0.647 e. The molecule has 0 saturated carbocycles. The van der Waals surface area contributed by atoms with Crippen molar-refractivity contribution in [3.8, 4) is 17.2 Å². The molecule has 0 fully saturated rings. The van der Waals surface area contributed by atoms with Gasteiger partial charge in [0, 0.05) is 0 Å². The molecule has 3 aromatic carbocycles.